The summed E-state index contributed by atoms with van der Waals surface area (Å²) in [7, 11) is 0. The molecule has 0 saturated heterocycles. The number of hydrogen-bond acceptors (Lipinski definition) is 4. The first-order valence-corrected chi connectivity index (χ1v) is 7.60. The lowest BCUT2D eigenvalue weighted by atomic mass is 9.85. The first kappa shape index (κ1) is 14.2. The predicted octanol–water partition coefficient (Wildman–Crippen LogP) is 1.59. The van der Waals surface area contributed by atoms with E-state index in [0.717, 1.165) is 42.7 Å². The highest BCUT2D eigenvalue weighted by Gasteiger charge is 2.39. The average Bonchev–Trinajstić information content (AvgIpc) is 3.02. The van der Waals surface area contributed by atoms with Gasteiger partial charge in [-0.1, -0.05) is 18.9 Å². The Morgan fingerprint density at radius 1 is 1.19 bits per heavy atom. The van der Waals surface area contributed by atoms with Crippen LogP contribution in [0.3, 0.4) is 0 Å². The highest BCUT2D eigenvalue weighted by atomic mass is 16.6. The summed E-state index contributed by atoms with van der Waals surface area (Å²) in [6.45, 7) is 2.08. The molecule has 3 rings (SSSR count). The predicted molar refractivity (Wildman–Crippen MR) is 79.2 cm³/mol. The second kappa shape index (κ2) is 5.93. The van der Waals surface area contributed by atoms with E-state index >= 15 is 0 Å². The molecular formula is C16H22N2O3. The maximum Gasteiger partial charge on any atom is 0.227 e. The molecule has 1 fully saturated rings. The molecule has 21 heavy (non-hydrogen) atoms. The van der Waals surface area contributed by atoms with E-state index in [1.54, 1.807) is 0 Å². The number of nitrogens with one attached hydrogen (secondary N) is 1. The van der Waals surface area contributed by atoms with Gasteiger partial charge in [-0.3, -0.25) is 4.79 Å². The van der Waals surface area contributed by atoms with Gasteiger partial charge in [0, 0.05) is 13.1 Å². The van der Waals surface area contributed by atoms with Gasteiger partial charge in [-0.2, -0.15) is 0 Å². The van der Waals surface area contributed by atoms with E-state index in [1.165, 1.54) is 0 Å². The number of hydrogen-bond donors (Lipinski definition) is 2. The van der Waals surface area contributed by atoms with Crippen LogP contribution in [0.15, 0.2) is 18.2 Å². The zero-order chi connectivity index (χ0) is 14.7. The maximum atomic E-state index is 12.4. The van der Waals surface area contributed by atoms with Gasteiger partial charge in [-0.25, -0.2) is 0 Å². The van der Waals surface area contributed by atoms with Gasteiger partial charge in [0.05, 0.1) is 5.41 Å². The van der Waals surface area contributed by atoms with Crippen LogP contribution in [0.5, 0.6) is 11.5 Å². The van der Waals surface area contributed by atoms with Crippen LogP contribution in [-0.2, 0) is 11.3 Å². The van der Waals surface area contributed by atoms with Crippen LogP contribution in [0.25, 0.3) is 0 Å². The van der Waals surface area contributed by atoms with Crippen molar-refractivity contribution in [1.82, 2.24) is 5.32 Å². The number of fused-ring (bicyclic) bond motifs is 1. The molecule has 1 amide bonds. The summed E-state index contributed by atoms with van der Waals surface area (Å²) < 4.78 is 11.0. The van der Waals surface area contributed by atoms with Crippen molar-refractivity contribution >= 4 is 5.91 Å². The minimum Gasteiger partial charge on any atom is -0.486 e. The summed E-state index contributed by atoms with van der Waals surface area (Å²) in [5, 5.41) is 3.02. The van der Waals surface area contributed by atoms with Gasteiger partial charge in [-0.05, 0) is 30.5 Å². The van der Waals surface area contributed by atoms with Crippen molar-refractivity contribution in [2.45, 2.75) is 32.2 Å². The number of carbonyl (C=O) groups excluding carboxylic acids is 1. The van der Waals surface area contributed by atoms with E-state index in [-0.39, 0.29) is 11.3 Å². The van der Waals surface area contributed by atoms with E-state index in [1.807, 2.05) is 18.2 Å². The molecule has 0 atom stereocenters. The fraction of sp³-hybridized carbons (Fsp3) is 0.562. The van der Waals surface area contributed by atoms with Crippen molar-refractivity contribution in [2.24, 2.45) is 11.1 Å². The minimum absolute atomic E-state index is 0.0809. The lowest BCUT2D eigenvalue weighted by Gasteiger charge is -2.26. The molecule has 5 nitrogen and oxygen atoms in total. The molecule has 0 unspecified atom stereocenters. The Morgan fingerprint density at radius 2 is 1.90 bits per heavy atom. The second-order valence-electron chi connectivity index (χ2n) is 5.85. The normalized spacial score (nSPS) is 19.3. The molecule has 0 aromatic heterocycles. The number of nitrogens with two attached hydrogens (primary N) is 1. The molecule has 3 N–H and O–H groups in total. The van der Waals surface area contributed by atoms with E-state index in [0.29, 0.717) is 26.3 Å². The summed E-state index contributed by atoms with van der Waals surface area (Å²) >= 11 is 0. The van der Waals surface area contributed by atoms with E-state index in [4.69, 9.17) is 15.2 Å². The quantitative estimate of drug-likeness (QED) is 0.883. The fourth-order valence-electron chi connectivity index (χ4n) is 3.14. The van der Waals surface area contributed by atoms with Crippen molar-refractivity contribution < 1.29 is 14.3 Å². The number of carbonyl (C=O) groups is 1. The van der Waals surface area contributed by atoms with Crippen molar-refractivity contribution in [2.75, 3.05) is 19.8 Å². The fourth-order valence-corrected chi connectivity index (χ4v) is 3.14. The maximum absolute atomic E-state index is 12.4. The number of benzene rings is 1. The first-order valence-electron chi connectivity index (χ1n) is 7.60. The lowest BCUT2D eigenvalue weighted by molar-refractivity contribution is -0.130. The SMILES string of the molecule is NCC1(C(=O)NCc2ccc3c(c2)OCCO3)CCCC1. The van der Waals surface area contributed by atoms with Crippen LogP contribution in [0, 0.1) is 5.41 Å². The molecule has 114 valence electrons. The van der Waals surface area contributed by atoms with Crippen LogP contribution in [0.1, 0.15) is 31.2 Å². The minimum atomic E-state index is -0.353. The van der Waals surface area contributed by atoms with Crippen LogP contribution in [0.4, 0.5) is 0 Å². The van der Waals surface area contributed by atoms with E-state index < -0.39 is 0 Å². The summed E-state index contributed by atoms with van der Waals surface area (Å²) in [5.74, 6) is 1.60. The average molecular weight is 290 g/mol. The van der Waals surface area contributed by atoms with E-state index in [2.05, 4.69) is 5.32 Å². The molecule has 0 spiro atoms. The molecule has 1 heterocycles. The third-order valence-electron chi connectivity index (χ3n) is 4.49. The van der Waals surface area contributed by atoms with Crippen molar-refractivity contribution in [3.8, 4) is 11.5 Å². The number of amides is 1. The molecule has 5 heteroatoms. The zero-order valence-electron chi connectivity index (χ0n) is 12.2. The van der Waals surface area contributed by atoms with Crippen LogP contribution < -0.4 is 20.5 Å². The molecule has 1 saturated carbocycles. The van der Waals surface area contributed by atoms with Crippen molar-refractivity contribution in [3.63, 3.8) is 0 Å². The Kier molecular flexibility index (Phi) is 4.01. The van der Waals surface area contributed by atoms with Crippen LogP contribution >= 0.6 is 0 Å². The molecular weight excluding hydrogens is 268 g/mol. The van der Waals surface area contributed by atoms with Crippen LogP contribution in [-0.4, -0.2) is 25.7 Å². The molecule has 1 aromatic carbocycles. The van der Waals surface area contributed by atoms with Gasteiger partial charge in [0.2, 0.25) is 5.91 Å². The molecule has 1 aromatic rings. The molecule has 0 radical (unpaired) electrons. The first-order chi connectivity index (χ1) is 10.2. The van der Waals surface area contributed by atoms with Gasteiger partial charge in [0.25, 0.3) is 0 Å². The van der Waals surface area contributed by atoms with Gasteiger partial charge in [-0.15, -0.1) is 0 Å². The molecule has 1 aliphatic heterocycles. The van der Waals surface area contributed by atoms with Crippen LogP contribution in [0.2, 0.25) is 0 Å². The lowest BCUT2D eigenvalue weighted by Crippen LogP contribution is -2.43. The van der Waals surface area contributed by atoms with Gasteiger partial charge >= 0.3 is 0 Å². The summed E-state index contributed by atoms with van der Waals surface area (Å²) in [5.41, 5.74) is 6.49. The van der Waals surface area contributed by atoms with Gasteiger partial charge < -0.3 is 20.5 Å². The molecule has 1 aliphatic carbocycles. The Balaban J connectivity index is 1.63. The van der Waals surface area contributed by atoms with E-state index in [9.17, 15) is 4.79 Å². The monoisotopic (exact) mass is 290 g/mol. The number of ether oxygens (including phenoxy) is 2. The summed E-state index contributed by atoms with van der Waals surface area (Å²) in [6.07, 6.45) is 3.98. The van der Waals surface area contributed by atoms with Gasteiger partial charge in [0.15, 0.2) is 11.5 Å². The Morgan fingerprint density at radius 3 is 2.62 bits per heavy atom. The summed E-state index contributed by atoms with van der Waals surface area (Å²) in [4.78, 5) is 12.4. The highest BCUT2D eigenvalue weighted by molar-refractivity contribution is 5.83. The Hall–Kier alpha value is -1.75. The number of rotatable bonds is 4. The van der Waals surface area contributed by atoms with Crippen molar-refractivity contribution in [3.05, 3.63) is 23.8 Å². The zero-order valence-corrected chi connectivity index (χ0v) is 12.2. The third kappa shape index (κ3) is 2.83. The third-order valence-corrected chi connectivity index (χ3v) is 4.49. The highest BCUT2D eigenvalue weighted by Crippen LogP contribution is 2.37. The second-order valence-corrected chi connectivity index (χ2v) is 5.85. The molecule has 0 bridgehead atoms. The summed E-state index contributed by atoms with van der Waals surface area (Å²) in [6, 6.07) is 5.78. The topological polar surface area (TPSA) is 73.6 Å². The largest absolute Gasteiger partial charge is 0.486 e. The Labute approximate surface area is 124 Å². The molecule has 2 aliphatic rings. The van der Waals surface area contributed by atoms with Crippen molar-refractivity contribution in [1.29, 1.82) is 0 Å². The Bertz CT molecular complexity index is 524. The standard InChI is InChI=1S/C16H22N2O3/c17-11-16(5-1-2-6-16)15(19)18-10-12-3-4-13-14(9-12)21-8-7-20-13/h3-4,9H,1-2,5-8,10-11,17H2,(H,18,19). The smallest absolute Gasteiger partial charge is 0.227 e. The van der Waals surface area contributed by atoms with Gasteiger partial charge in [0.1, 0.15) is 13.2 Å².